The van der Waals surface area contributed by atoms with Gasteiger partial charge in [0.15, 0.2) is 0 Å². The van der Waals surface area contributed by atoms with Gasteiger partial charge in [0.25, 0.3) is 0 Å². The van der Waals surface area contributed by atoms with Crippen LogP contribution in [0.15, 0.2) is 71.6 Å². The zero-order valence-electron chi connectivity index (χ0n) is 22.8. The molecule has 0 bridgehead atoms. The van der Waals surface area contributed by atoms with Gasteiger partial charge in [0, 0.05) is 19.4 Å². The highest BCUT2D eigenvalue weighted by Crippen LogP contribution is 2.38. The lowest BCUT2D eigenvalue weighted by Crippen LogP contribution is -2.64. The van der Waals surface area contributed by atoms with Crippen molar-refractivity contribution in [1.82, 2.24) is 14.1 Å². The van der Waals surface area contributed by atoms with E-state index in [0.717, 1.165) is 9.69 Å². The highest BCUT2D eigenvalue weighted by Gasteiger charge is 2.58. The summed E-state index contributed by atoms with van der Waals surface area (Å²) in [5, 5.41) is 11.0. The fourth-order valence-electron chi connectivity index (χ4n) is 5.83. The number of benzene rings is 3. The molecule has 5 rings (SSSR count). The molecule has 2 aliphatic heterocycles. The number of piperazine rings is 1. The van der Waals surface area contributed by atoms with E-state index >= 15 is 0 Å². The van der Waals surface area contributed by atoms with Crippen molar-refractivity contribution in [1.29, 1.82) is 0 Å². The van der Waals surface area contributed by atoms with Crippen LogP contribution in [-0.2, 0) is 30.8 Å². The zero-order chi connectivity index (χ0) is 29.5. The maximum absolute atomic E-state index is 14.3. The van der Waals surface area contributed by atoms with Crippen LogP contribution in [0.2, 0.25) is 0 Å². The van der Waals surface area contributed by atoms with E-state index in [1.54, 1.807) is 29.2 Å². The Morgan fingerprint density at radius 3 is 2.32 bits per heavy atom. The lowest BCUT2D eigenvalue weighted by Gasteiger charge is -2.44. The van der Waals surface area contributed by atoms with E-state index in [-0.39, 0.29) is 36.1 Å². The van der Waals surface area contributed by atoms with Crippen molar-refractivity contribution in [3.8, 4) is 0 Å². The molecule has 1 N–H and O–H groups in total. The Labute approximate surface area is 238 Å². The summed E-state index contributed by atoms with van der Waals surface area (Å²) < 4.78 is 43.3. The van der Waals surface area contributed by atoms with Crippen molar-refractivity contribution in [3.05, 3.63) is 78.1 Å². The Bertz CT molecular complexity index is 1590. The van der Waals surface area contributed by atoms with Crippen LogP contribution in [0, 0.1) is 11.7 Å². The fraction of sp³-hybridized carbons (Fsp3) is 0.367. The van der Waals surface area contributed by atoms with Crippen LogP contribution < -0.4 is 0 Å². The smallest absolute Gasteiger partial charge is 0.303 e. The number of carboxylic acids is 1. The van der Waals surface area contributed by atoms with Gasteiger partial charge in [-0.1, -0.05) is 56.3 Å². The topological polar surface area (TPSA) is 115 Å². The minimum atomic E-state index is -4.31. The molecule has 0 unspecified atom stereocenters. The van der Waals surface area contributed by atoms with Crippen LogP contribution in [0.1, 0.15) is 32.3 Å². The summed E-state index contributed by atoms with van der Waals surface area (Å²) in [7, 11) is -4.31. The van der Waals surface area contributed by atoms with E-state index in [9.17, 15) is 32.3 Å². The molecule has 0 aliphatic carbocycles. The van der Waals surface area contributed by atoms with Gasteiger partial charge in [-0.3, -0.25) is 14.4 Å². The Balaban J connectivity index is 1.61. The van der Waals surface area contributed by atoms with Gasteiger partial charge in [-0.25, -0.2) is 12.8 Å². The molecule has 11 heteroatoms. The quantitative estimate of drug-likeness (QED) is 0.414. The second kappa shape index (κ2) is 11.2. The van der Waals surface area contributed by atoms with Gasteiger partial charge in [-0.15, -0.1) is 0 Å². The minimum Gasteiger partial charge on any atom is -0.481 e. The number of rotatable bonds is 9. The Morgan fingerprint density at radius 2 is 1.66 bits per heavy atom. The fourth-order valence-corrected chi connectivity index (χ4v) is 7.61. The van der Waals surface area contributed by atoms with Crippen molar-refractivity contribution in [2.45, 2.75) is 56.3 Å². The second-order valence-corrected chi connectivity index (χ2v) is 12.8. The molecular formula is C30H32FN3O6S. The first-order chi connectivity index (χ1) is 19.5. The van der Waals surface area contributed by atoms with Crippen LogP contribution in [0.25, 0.3) is 10.8 Å². The first kappa shape index (κ1) is 28.7. The molecule has 0 radical (unpaired) electrons. The first-order valence-corrected chi connectivity index (χ1v) is 15.0. The number of hydrogen-bond acceptors (Lipinski definition) is 5. The van der Waals surface area contributed by atoms with Crippen molar-refractivity contribution in [2.24, 2.45) is 5.92 Å². The molecule has 0 saturated carbocycles. The summed E-state index contributed by atoms with van der Waals surface area (Å²) in [5.74, 6) is -2.46. The van der Waals surface area contributed by atoms with E-state index in [4.69, 9.17) is 0 Å². The van der Waals surface area contributed by atoms with Gasteiger partial charge in [-0.2, -0.15) is 4.31 Å². The average molecular weight is 582 g/mol. The van der Waals surface area contributed by atoms with E-state index in [1.165, 1.54) is 35.2 Å². The third-order valence-electron chi connectivity index (χ3n) is 7.63. The molecule has 0 spiro atoms. The van der Waals surface area contributed by atoms with Crippen LogP contribution in [0.5, 0.6) is 0 Å². The number of nitrogens with zero attached hydrogens (tertiary/aromatic N) is 3. The van der Waals surface area contributed by atoms with E-state index in [2.05, 4.69) is 0 Å². The molecule has 2 saturated heterocycles. The van der Waals surface area contributed by atoms with E-state index in [0.29, 0.717) is 17.5 Å². The molecule has 3 atom stereocenters. The Hall–Kier alpha value is -3.83. The summed E-state index contributed by atoms with van der Waals surface area (Å²) in [6.45, 7) is 4.18. The summed E-state index contributed by atoms with van der Waals surface area (Å²) in [6.07, 6.45) is -1.63. The number of hydrogen-bond donors (Lipinski definition) is 1. The molecule has 2 fully saturated rings. The largest absolute Gasteiger partial charge is 0.481 e. The molecule has 41 heavy (non-hydrogen) atoms. The van der Waals surface area contributed by atoms with Gasteiger partial charge < -0.3 is 14.9 Å². The standard InChI is InChI=1S/C30H32FN3O6S/c1-19(2)17-32-18-27-33(26(29(32)37)15-20-7-10-23(31)11-8-20)30(38)25(13-14-28(35)36)34(27)41(39,40)24-12-9-21-5-3-4-6-22(21)16-24/h3-12,16,19,25-27H,13-15,17-18H2,1-2H3,(H,35,36)/t25-,26-,27-/m0/s1. The van der Waals surface area contributed by atoms with Crippen LogP contribution in [0.4, 0.5) is 4.39 Å². The highest BCUT2D eigenvalue weighted by molar-refractivity contribution is 7.89. The predicted molar refractivity (Wildman–Crippen MR) is 150 cm³/mol. The van der Waals surface area contributed by atoms with Gasteiger partial charge in [0.05, 0.1) is 11.4 Å². The van der Waals surface area contributed by atoms with E-state index < -0.39 is 52.4 Å². The molecule has 2 aliphatic rings. The van der Waals surface area contributed by atoms with Gasteiger partial charge in [-0.05, 0) is 52.9 Å². The lowest BCUT2D eigenvalue weighted by atomic mass is 9.99. The minimum absolute atomic E-state index is 0.0198. The molecule has 2 heterocycles. The first-order valence-electron chi connectivity index (χ1n) is 13.6. The Morgan fingerprint density at radius 1 is 0.976 bits per heavy atom. The van der Waals surface area contributed by atoms with Crippen LogP contribution in [-0.4, -0.2) is 76.8 Å². The highest BCUT2D eigenvalue weighted by atomic mass is 32.2. The summed E-state index contributed by atoms with van der Waals surface area (Å²) in [5.41, 5.74) is 0.612. The molecule has 2 amide bonds. The van der Waals surface area contributed by atoms with Gasteiger partial charge >= 0.3 is 5.97 Å². The Kier molecular flexibility index (Phi) is 7.85. The second-order valence-electron chi connectivity index (χ2n) is 11.0. The predicted octanol–water partition coefficient (Wildman–Crippen LogP) is 3.48. The van der Waals surface area contributed by atoms with E-state index in [1.807, 2.05) is 26.0 Å². The molecular weight excluding hydrogens is 549 g/mol. The van der Waals surface area contributed by atoms with Gasteiger partial charge in [0.1, 0.15) is 24.1 Å². The number of fused-ring (bicyclic) bond motifs is 2. The molecule has 9 nitrogen and oxygen atoms in total. The maximum Gasteiger partial charge on any atom is 0.303 e. The monoisotopic (exact) mass is 581 g/mol. The van der Waals surface area contributed by atoms with Crippen molar-refractivity contribution < 1.29 is 32.3 Å². The van der Waals surface area contributed by atoms with Crippen molar-refractivity contribution >= 4 is 38.6 Å². The SMILES string of the molecule is CC(C)CN1C[C@H]2N(C(=O)[C@H](CCC(=O)O)N2S(=O)(=O)c2ccc3ccccc3c2)[C@@H](Cc2ccc(F)cc2)C1=O. The number of aliphatic carboxylic acids is 1. The number of halogens is 1. The van der Waals surface area contributed by atoms with Crippen molar-refractivity contribution in [2.75, 3.05) is 13.1 Å². The molecule has 0 aromatic heterocycles. The zero-order valence-corrected chi connectivity index (χ0v) is 23.6. The maximum atomic E-state index is 14.3. The van der Waals surface area contributed by atoms with Crippen molar-refractivity contribution in [3.63, 3.8) is 0 Å². The molecule has 216 valence electrons. The number of amides is 2. The summed E-state index contributed by atoms with van der Waals surface area (Å²) in [6, 6.07) is 15.3. The number of carbonyl (C=O) groups is 3. The third kappa shape index (κ3) is 5.56. The van der Waals surface area contributed by atoms with Crippen LogP contribution in [0.3, 0.4) is 0 Å². The number of carbonyl (C=O) groups excluding carboxylic acids is 2. The van der Waals surface area contributed by atoms with Gasteiger partial charge in [0.2, 0.25) is 21.8 Å². The summed E-state index contributed by atoms with van der Waals surface area (Å²) in [4.78, 5) is 42.1. The molecule has 3 aromatic carbocycles. The number of carboxylic acid groups (broad SMARTS) is 1. The molecule has 3 aromatic rings. The average Bonchev–Trinajstić information content (AvgIpc) is 3.21. The third-order valence-corrected chi connectivity index (χ3v) is 9.54. The normalized spacial score (nSPS) is 21.6. The summed E-state index contributed by atoms with van der Waals surface area (Å²) >= 11 is 0. The van der Waals surface area contributed by atoms with Crippen LogP contribution >= 0.6 is 0 Å². The number of sulfonamides is 1. The lowest BCUT2D eigenvalue weighted by molar-refractivity contribution is -0.153.